The summed E-state index contributed by atoms with van der Waals surface area (Å²) in [7, 11) is 0. The maximum atomic E-state index is 11.4. The van der Waals surface area contributed by atoms with E-state index in [9.17, 15) is 4.79 Å². The zero-order valence-electron chi connectivity index (χ0n) is 8.34. The second-order valence-corrected chi connectivity index (χ2v) is 4.83. The molecular weight excluding hydrogens is 180 g/mol. The summed E-state index contributed by atoms with van der Waals surface area (Å²) in [5.74, 6) is -0.150. The van der Waals surface area contributed by atoms with Crippen LogP contribution >= 0.6 is 0 Å². The molecule has 0 radical (unpaired) electrons. The molecule has 3 atom stereocenters. The Hall–Kier alpha value is -0.830. The van der Waals surface area contributed by atoms with Crippen molar-refractivity contribution < 1.29 is 14.3 Å². The highest BCUT2D eigenvalue weighted by molar-refractivity contribution is 5.87. The molecule has 1 saturated heterocycles. The molecule has 3 nitrogen and oxygen atoms in total. The topological polar surface area (TPSA) is 38.8 Å². The number of ether oxygens (including phenoxy) is 2. The van der Waals surface area contributed by atoms with Crippen molar-refractivity contribution >= 4 is 5.97 Å². The number of epoxide rings is 1. The van der Waals surface area contributed by atoms with Gasteiger partial charge >= 0.3 is 5.97 Å². The first-order valence-electron chi connectivity index (χ1n) is 5.16. The highest BCUT2D eigenvalue weighted by atomic mass is 16.8. The average Bonchev–Trinajstić information content (AvgIpc) is 2.42. The minimum absolute atomic E-state index is 0.0945. The van der Waals surface area contributed by atoms with Crippen LogP contribution in [0.5, 0.6) is 0 Å². The third-order valence-corrected chi connectivity index (χ3v) is 3.75. The van der Waals surface area contributed by atoms with E-state index in [1.165, 1.54) is 6.42 Å². The molecule has 3 fully saturated rings. The first-order valence-corrected chi connectivity index (χ1v) is 5.16. The number of carbonyl (C=O) groups excluding carboxylic acids is 1. The molecule has 14 heavy (non-hydrogen) atoms. The molecule has 0 amide bonds. The molecule has 1 heterocycles. The van der Waals surface area contributed by atoms with Crippen molar-refractivity contribution in [3.63, 3.8) is 0 Å². The Bertz CT molecular complexity index is 335. The number of hydrogen-bond acceptors (Lipinski definition) is 3. The zero-order valence-corrected chi connectivity index (χ0v) is 8.34. The lowest BCUT2D eigenvalue weighted by Crippen LogP contribution is -2.28. The van der Waals surface area contributed by atoms with Gasteiger partial charge in [-0.3, -0.25) is 0 Å². The summed E-state index contributed by atoms with van der Waals surface area (Å²) in [5.41, 5.74) is 0.357. The molecule has 2 saturated carbocycles. The van der Waals surface area contributed by atoms with E-state index in [4.69, 9.17) is 9.47 Å². The summed E-state index contributed by atoms with van der Waals surface area (Å²) in [6.45, 7) is 5.24. The van der Waals surface area contributed by atoms with Crippen LogP contribution in [0.2, 0.25) is 0 Å². The summed E-state index contributed by atoms with van der Waals surface area (Å²) in [4.78, 5) is 11.4. The summed E-state index contributed by atoms with van der Waals surface area (Å²) in [6, 6.07) is 0. The van der Waals surface area contributed by atoms with Crippen LogP contribution in [-0.4, -0.2) is 17.4 Å². The van der Waals surface area contributed by atoms with Crippen LogP contribution in [0.1, 0.15) is 32.6 Å². The van der Waals surface area contributed by atoms with E-state index in [1.807, 2.05) is 0 Å². The minimum Gasteiger partial charge on any atom is -0.426 e. The molecule has 1 spiro atoms. The number of hydrogen-bond donors (Lipinski definition) is 0. The van der Waals surface area contributed by atoms with Crippen molar-refractivity contribution in [2.45, 2.75) is 44.0 Å². The van der Waals surface area contributed by atoms with Crippen molar-refractivity contribution in [1.82, 2.24) is 0 Å². The lowest BCUT2D eigenvalue weighted by atomic mass is 9.98. The molecule has 3 aliphatic rings. The fourth-order valence-electron chi connectivity index (χ4n) is 3.01. The van der Waals surface area contributed by atoms with Gasteiger partial charge in [0, 0.05) is 12.0 Å². The van der Waals surface area contributed by atoms with Gasteiger partial charge in [-0.25, -0.2) is 4.79 Å². The number of rotatable bonds is 2. The van der Waals surface area contributed by atoms with Gasteiger partial charge in [0.05, 0.1) is 0 Å². The third kappa shape index (κ3) is 0.836. The number of fused-ring (bicyclic) bond motifs is 1. The molecule has 1 aliphatic heterocycles. The van der Waals surface area contributed by atoms with Gasteiger partial charge in [-0.2, -0.15) is 0 Å². The van der Waals surface area contributed by atoms with Gasteiger partial charge < -0.3 is 9.47 Å². The van der Waals surface area contributed by atoms with Crippen molar-refractivity contribution in [2.75, 3.05) is 0 Å². The van der Waals surface area contributed by atoms with Crippen LogP contribution in [0, 0.1) is 5.92 Å². The standard InChI is InChI=1S/C11H14O3/c1-7(2)9(12)13-11-6-8-3-4-10(11,5-8)14-11/h8H,1,3-6H2,2H3. The number of carbonyl (C=O) groups is 1. The SMILES string of the molecule is C=C(C)C(=O)OC12CC3CCC1(C3)O2. The van der Waals surface area contributed by atoms with Crippen LogP contribution in [0.25, 0.3) is 0 Å². The number of esters is 1. The third-order valence-electron chi connectivity index (χ3n) is 3.75. The maximum Gasteiger partial charge on any atom is 0.335 e. The van der Waals surface area contributed by atoms with E-state index in [2.05, 4.69) is 6.58 Å². The zero-order chi connectivity index (χ0) is 9.97. The fraction of sp³-hybridized carbons (Fsp3) is 0.727. The highest BCUT2D eigenvalue weighted by Gasteiger charge is 2.80. The molecule has 0 N–H and O–H groups in total. The van der Waals surface area contributed by atoms with Crippen LogP contribution in [0.15, 0.2) is 12.2 Å². The lowest BCUT2D eigenvalue weighted by molar-refractivity contribution is -0.155. The lowest BCUT2D eigenvalue weighted by Gasteiger charge is -2.17. The predicted molar refractivity (Wildman–Crippen MR) is 49.4 cm³/mol. The normalized spacial score (nSPS) is 47.4. The smallest absolute Gasteiger partial charge is 0.335 e. The van der Waals surface area contributed by atoms with E-state index in [0.29, 0.717) is 11.5 Å². The molecule has 2 bridgehead atoms. The maximum absolute atomic E-state index is 11.4. The van der Waals surface area contributed by atoms with Crippen LogP contribution in [0.3, 0.4) is 0 Å². The van der Waals surface area contributed by atoms with Crippen molar-refractivity contribution in [2.24, 2.45) is 5.92 Å². The Morgan fingerprint density at radius 2 is 2.36 bits per heavy atom. The van der Waals surface area contributed by atoms with Gasteiger partial charge in [0.15, 0.2) is 0 Å². The Balaban J connectivity index is 1.77. The van der Waals surface area contributed by atoms with Gasteiger partial charge in [0.25, 0.3) is 0 Å². The predicted octanol–water partition coefficient (Wildman–Crippen LogP) is 1.77. The molecule has 3 rings (SSSR count). The molecular formula is C11H14O3. The Morgan fingerprint density at radius 3 is 2.86 bits per heavy atom. The average molecular weight is 194 g/mol. The largest absolute Gasteiger partial charge is 0.426 e. The summed E-state index contributed by atoms with van der Waals surface area (Å²) in [6.07, 6.45) is 4.26. The van der Waals surface area contributed by atoms with Crippen molar-refractivity contribution in [3.05, 3.63) is 12.2 Å². The molecule has 76 valence electrons. The molecule has 0 aromatic heterocycles. The van der Waals surface area contributed by atoms with E-state index in [1.54, 1.807) is 6.92 Å². The van der Waals surface area contributed by atoms with Gasteiger partial charge in [0.2, 0.25) is 5.79 Å². The Kier molecular flexibility index (Phi) is 1.34. The van der Waals surface area contributed by atoms with E-state index < -0.39 is 5.79 Å². The molecule has 0 aromatic carbocycles. The highest BCUT2D eigenvalue weighted by Crippen LogP contribution is 2.69. The van der Waals surface area contributed by atoms with Gasteiger partial charge in [0.1, 0.15) is 5.60 Å². The van der Waals surface area contributed by atoms with E-state index in [0.717, 1.165) is 19.3 Å². The summed E-state index contributed by atoms with van der Waals surface area (Å²) < 4.78 is 11.1. The van der Waals surface area contributed by atoms with Crippen molar-refractivity contribution in [3.8, 4) is 0 Å². The quantitative estimate of drug-likeness (QED) is 0.382. The second-order valence-electron chi connectivity index (χ2n) is 4.83. The van der Waals surface area contributed by atoms with Crippen LogP contribution in [-0.2, 0) is 14.3 Å². The van der Waals surface area contributed by atoms with E-state index in [-0.39, 0.29) is 11.6 Å². The van der Waals surface area contributed by atoms with Crippen molar-refractivity contribution in [1.29, 1.82) is 0 Å². The molecule has 0 aromatic rings. The van der Waals surface area contributed by atoms with Gasteiger partial charge in [-0.05, 0) is 32.1 Å². The first kappa shape index (κ1) is 8.48. The minimum atomic E-state index is -0.550. The fourth-order valence-corrected chi connectivity index (χ4v) is 3.01. The molecule has 3 heteroatoms. The van der Waals surface area contributed by atoms with Crippen LogP contribution in [0.4, 0.5) is 0 Å². The Labute approximate surface area is 83.1 Å². The first-order chi connectivity index (χ1) is 6.57. The van der Waals surface area contributed by atoms with Gasteiger partial charge in [-0.1, -0.05) is 6.58 Å². The van der Waals surface area contributed by atoms with E-state index >= 15 is 0 Å². The summed E-state index contributed by atoms with van der Waals surface area (Å²) in [5, 5.41) is 0. The van der Waals surface area contributed by atoms with Crippen LogP contribution < -0.4 is 0 Å². The molecule has 2 aliphatic carbocycles. The molecule has 3 unspecified atom stereocenters. The summed E-state index contributed by atoms with van der Waals surface area (Å²) >= 11 is 0. The second kappa shape index (κ2) is 2.22. The monoisotopic (exact) mass is 194 g/mol. The van der Waals surface area contributed by atoms with Gasteiger partial charge in [-0.15, -0.1) is 0 Å². The Morgan fingerprint density at radius 1 is 1.57 bits per heavy atom.